The van der Waals surface area contributed by atoms with Crippen LogP contribution in [0, 0.1) is 11.3 Å². The van der Waals surface area contributed by atoms with Gasteiger partial charge in [-0.1, -0.05) is 54.4 Å². The highest BCUT2D eigenvalue weighted by molar-refractivity contribution is 9.10. The maximum Gasteiger partial charge on any atom is 0.0714 e. The normalized spacial score (nSPS) is 30.3. The Morgan fingerprint density at radius 1 is 1.37 bits per heavy atom. The van der Waals surface area contributed by atoms with Crippen LogP contribution in [0.15, 0.2) is 22.7 Å². The van der Waals surface area contributed by atoms with E-state index in [-0.39, 0.29) is 0 Å². The first kappa shape index (κ1) is 15.3. The average molecular weight is 346 g/mol. The molecule has 2 atom stereocenters. The lowest BCUT2D eigenvalue weighted by Gasteiger charge is -2.45. The topological polar surface area (TPSA) is 20.2 Å². The summed E-state index contributed by atoms with van der Waals surface area (Å²) in [5, 5.41) is 11.7. The zero-order valence-corrected chi connectivity index (χ0v) is 14.2. The summed E-state index contributed by atoms with van der Waals surface area (Å²) in [6, 6.07) is 5.90. The van der Waals surface area contributed by atoms with Crippen LogP contribution in [0.4, 0.5) is 0 Å². The number of aliphatic hydroxyl groups is 1. The second kappa shape index (κ2) is 5.38. The third kappa shape index (κ3) is 3.53. The predicted molar refractivity (Wildman–Crippen MR) is 84.6 cm³/mol. The molecule has 2 unspecified atom stereocenters. The fraction of sp³-hybridized carbons (Fsp3) is 0.625. The summed E-state index contributed by atoms with van der Waals surface area (Å²) >= 11 is 9.69. The van der Waals surface area contributed by atoms with Crippen LogP contribution in [0.2, 0.25) is 5.02 Å². The second-order valence-corrected chi connectivity index (χ2v) is 8.11. The highest BCUT2D eigenvalue weighted by atomic mass is 79.9. The van der Waals surface area contributed by atoms with E-state index in [1.807, 2.05) is 18.2 Å². The number of benzene rings is 1. The van der Waals surface area contributed by atoms with Crippen LogP contribution in [0.25, 0.3) is 0 Å². The van der Waals surface area contributed by atoms with Gasteiger partial charge in [0, 0.05) is 15.9 Å². The molecule has 19 heavy (non-hydrogen) atoms. The van der Waals surface area contributed by atoms with Crippen LogP contribution < -0.4 is 0 Å². The summed E-state index contributed by atoms with van der Waals surface area (Å²) in [6.07, 6.45) is 3.64. The minimum Gasteiger partial charge on any atom is -0.389 e. The predicted octanol–water partition coefficient (Wildman–Crippen LogP) is 5.22. The Labute approximate surface area is 129 Å². The molecule has 3 heteroatoms. The van der Waals surface area contributed by atoms with E-state index in [9.17, 15) is 5.11 Å². The van der Waals surface area contributed by atoms with Crippen LogP contribution >= 0.6 is 27.5 Å². The third-order valence-electron chi connectivity index (χ3n) is 4.52. The molecule has 0 aromatic heterocycles. The van der Waals surface area contributed by atoms with Crippen molar-refractivity contribution < 1.29 is 5.11 Å². The lowest BCUT2D eigenvalue weighted by molar-refractivity contribution is -0.0704. The van der Waals surface area contributed by atoms with E-state index in [2.05, 4.69) is 36.7 Å². The van der Waals surface area contributed by atoms with Gasteiger partial charge in [0.1, 0.15) is 0 Å². The lowest BCUT2D eigenvalue weighted by Crippen LogP contribution is -2.45. The minimum absolute atomic E-state index is 0.302. The van der Waals surface area contributed by atoms with E-state index >= 15 is 0 Å². The Kier molecular flexibility index (Phi) is 4.35. The molecule has 0 bridgehead atoms. The molecule has 1 N–H and O–H groups in total. The SMILES string of the molecule is CC1CC(C)(C)CCC1(O)Cc1ccc(Br)cc1Cl. The van der Waals surface area contributed by atoms with Crippen molar-refractivity contribution in [1.82, 2.24) is 0 Å². The van der Waals surface area contributed by atoms with Gasteiger partial charge in [0.25, 0.3) is 0 Å². The first-order valence-corrected chi connectivity index (χ1v) is 8.05. The Bertz CT molecular complexity index is 472. The average Bonchev–Trinajstić information content (AvgIpc) is 2.28. The molecule has 1 fully saturated rings. The van der Waals surface area contributed by atoms with Crippen molar-refractivity contribution in [3.05, 3.63) is 33.3 Å². The zero-order chi connectivity index (χ0) is 14.3. The Morgan fingerprint density at radius 3 is 2.63 bits per heavy atom. The molecule has 0 saturated heterocycles. The van der Waals surface area contributed by atoms with E-state index in [1.54, 1.807) is 0 Å². The van der Waals surface area contributed by atoms with Gasteiger partial charge in [0.15, 0.2) is 0 Å². The molecule has 0 heterocycles. The van der Waals surface area contributed by atoms with Gasteiger partial charge in [-0.2, -0.15) is 0 Å². The van der Waals surface area contributed by atoms with Crippen molar-refractivity contribution >= 4 is 27.5 Å². The van der Waals surface area contributed by atoms with Crippen molar-refractivity contribution in [1.29, 1.82) is 0 Å². The molecule has 1 saturated carbocycles. The van der Waals surface area contributed by atoms with Crippen molar-refractivity contribution in [3.63, 3.8) is 0 Å². The van der Waals surface area contributed by atoms with Crippen LogP contribution in [-0.4, -0.2) is 10.7 Å². The molecule has 0 spiro atoms. The molecular formula is C16H22BrClO. The number of rotatable bonds is 2. The van der Waals surface area contributed by atoms with E-state index in [0.717, 1.165) is 34.3 Å². The van der Waals surface area contributed by atoms with Gasteiger partial charge in [-0.15, -0.1) is 0 Å². The Morgan fingerprint density at radius 2 is 2.05 bits per heavy atom. The van der Waals surface area contributed by atoms with Crippen molar-refractivity contribution in [2.24, 2.45) is 11.3 Å². The van der Waals surface area contributed by atoms with Gasteiger partial charge in [-0.3, -0.25) is 0 Å². The summed E-state index contributed by atoms with van der Waals surface area (Å²) in [6.45, 7) is 6.74. The molecular weight excluding hydrogens is 324 g/mol. The summed E-state index contributed by atoms with van der Waals surface area (Å²) in [7, 11) is 0. The van der Waals surface area contributed by atoms with E-state index in [4.69, 9.17) is 11.6 Å². The maximum atomic E-state index is 10.9. The van der Waals surface area contributed by atoms with Crippen molar-refractivity contribution in [3.8, 4) is 0 Å². The number of halogens is 2. The van der Waals surface area contributed by atoms with Crippen molar-refractivity contribution in [2.45, 2.75) is 52.1 Å². The lowest BCUT2D eigenvalue weighted by atomic mass is 9.64. The minimum atomic E-state index is -0.618. The summed E-state index contributed by atoms with van der Waals surface area (Å²) in [4.78, 5) is 0. The smallest absolute Gasteiger partial charge is 0.0714 e. The van der Waals surface area contributed by atoms with Crippen LogP contribution in [0.3, 0.4) is 0 Å². The van der Waals surface area contributed by atoms with E-state index in [1.165, 1.54) is 0 Å². The molecule has 1 aliphatic carbocycles. The fourth-order valence-electron chi connectivity index (χ4n) is 3.18. The molecule has 0 aliphatic heterocycles. The van der Waals surface area contributed by atoms with Gasteiger partial charge in [0.05, 0.1) is 5.60 Å². The molecule has 106 valence electrons. The van der Waals surface area contributed by atoms with Gasteiger partial charge in [-0.05, 0) is 48.3 Å². The first-order valence-electron chi connectivity index (χ1n) is 6.88. The molecule has 0 radical (unpaired) electrons. The number of hydrogen-bond donors (Lipinski definition) is 1. The third-order valence-corrected chi connectivity index (χ3v) is 5.37. The first-order chi connectivity index (χ1) is 8.72. The Balaban J connectivity index is 2.18. The molecule has 1 aromatic carbocycles. The fourth-order valence-corrected chi connectivity index (χ4v) is 3.92. The molecule has 1 nitrogen and oxygen atoms in total. The van der Waals surface area contributed by atoms with Crippen LogP contribution in [-0.2, 0) is 6.42 Å². The molecule has 2 rings (SSSR count). The zero-order valence-electron chi connectivity index (χ0n) is 11.8. The molecule has 1 aliphatic rings. The van der Waals surface area contributed by atoms with E-state index in [0.29, 0.717) is 17.8 Å². The largest absolute Gasteiger partial charge is 0.389 e. The van der Waals surface area contributed by atoms with Gasteiger partial charge in [0.2, 0.25) is 0 Å². The van der Waals surface area contributed by atoms with Gasteiger partial charge >= 0.3 is 0 Å². The van der Waals surface area contributed by atoms with Crippen LogP contribution in [0.1, 0.15) is 45.6 Å². The second-order valence-electron chi connectivity index (χ2n) is 6.79. The van der Waals surface area contributed by atoms with Crippen molar-refractivity contribution in [2.75, 3.05) is 0 Å². The summed E-state index contributed by atoms with van der Waals surface area (Å²) < 4.78 is 0.978. The quantitative estimate of drug-likeness (QED) is 0.779. The van der Waals surface area contributed by atoms with Gasteiger partial charge in [-0.25, -0.2) is 0 Å². The summed E-state index contributed by atoms with van der Waals surface area (Å²) in [5.74, 6) is 0.302. The standard InChI is InChI=1S/C16H22BrClO/c1-11-9-15(2,3)6-7-16(11,19)10-12-4-5-13(17)8-14(12)18/h4-5,8,11,19H,6-7,9-10H2,1-3H3. The highest BCUT2D eigenvalue weighted by Crippen LogP contribution is 2.45. The monoisotopic (exact) mass is 344 g/mol. The van der Waals surface area contributed by atoms with Crippen LogP contribution in [0.5, 0.6) is 0 Å². The van der Waals surface area contributed by atoms with Gasteiger partial charge < -0.3 is 5.11 Å². The summed E-state index contributed by atoms with van der Waals surface area (Å²) in [5.41, 5.74) is 0.765. The van der Waals surface area contributed by atoms with E-state index < -0.39 is 5.60 Å². The Hall–Kier alpha value is -0.0500. The highest BCUT2D eigenvalue weighted by Gasteiger charge is 2.42. The molecule has 0 amide bonds. The number of hydrogen-bond acceptors (Lipinski definition) is 1. The maximum absolute atomic E-state index is 10.9. The molecule has 1 aromatic rings.